The minimum absolute atomic E-state index is 0.0838. The zero-order valence-corrected chi connectivity index (χ0v) is 12.7. The molecule has 2 rings (SSSR count). The highest BCUT2D eigenvalue weighted by atomic mass is 35.5. The van der Waals surface area contributed by atoms with E-state index < -0.39 is 0 Å². The number of nitrogen functional groups attached to an aromatic ring is 1. The van der Waals surface area contributed by atoms with Gasteiger partial charge in [-0.3, -0.25) is 0 Å². The normalized spacial score (nSPS) is 10.7. The third-order valence-electron chi connectivity index (χ3n) is 2.90. The lowest BCUT2D eigenvalue weighted by Gasteiger charge is -2.16. The molecule has 2 aromatic carbocycles. The fraction of sp³-hybridized carbons (Fsp3) is 0.250. The molecule has 0 unspecified atom stereocenters. The van der Waals surface area contributed by atoms with Crippen LogP contribution in [0.3, 0.4) is 0 Å². The predicted octanol–water partition coefficient (Wildman–Crippen LogP) is 4.76. The molecule has 0 saturated carbocycles. The van der Waals surface area contributed by atoms with Gasteiger partial charge in [-0.2, -0.15) is 0 Å². The van der Waals surface area contributed by atoms with Gasteiger partial charge < -0.3 is 15.8 Å². The molecule has 0 spiro atoms. The van der Waals surface area contributed by atoms with E-state index in [0.29, 0.717) is 16.5 Å². The van der Waals surface area contributed by atoms with Gasteiger partial charge in [-0.25, -0.2) is 0 Å². The molecule has 0 amide bonds. The van der Waals surface area contributed by atoms with Crippen LogP contribution in [0.5, 0.6) is 5.75 Å². The Morgan fingerprint density at radius 3 is 2.60 bits per heavy atom. The van der Waals surface area contributed by atoms with Crippen molar-refractivity contribution in [3.8, 4) is 5.75 Å². The molecule has 0 radical (unpaired) electrons. The summed E-state index contributed by atoms with van der Waals surface area (Å²) in [5.74, 6) is 0.685. The van der Waals surface area contributed by atoms with Gasteiger partial charge in [0.1, 0.15) is 5.75 Å². The quantitative estimate of drug-likeness (QED) is 0.798. The van der Waals surface area contributed by atoms with Gasteiger partial charge >= 0.3 is 0 Å². The number of ether oxygens (including phenoxy) is 1. The van der Waals surface area contributed by atoms with E-state index in [4.69, 9.17) is 22.1 Å². The van der Waals surface area contributed by atoms with Gasteiger partial charge in [0, 0.05) is 10.7 Å². The van der Waals surface area contributed by atoms with Crippen LogP contribution in [0.4, 0.5) is 17.1 Å². The lowest BCUT2D eigenvalue weighted by molar-refractivity contribution is 0.244. The van der Waals surface area contributed by atoms with Gasteiger partial charge in [0.25, 0.3) is 0 Å². The van der Waals surface area contributed by atoms with Crippen LogP contribution in [0.25, 0.3) is 0 Å². The standard InChI is InChI=1S/C16H19ClN2O/c1-10(2)20-15-6-4-5-13(16(15)18)19-14-9-12(17)8-7-11(14)3/h4-10,19H,18H2,1-3H3. The number of benzene rings is 2. The van der Waals surface area contributed by atoms with Crippen molar-refractivity contribution < 1.29 is 4.74 Å². The number of aryl methyl sites for hydroxylation is 1. The minimum Gasteiger partial charge on any atom is -0.489 e. The molecule has 0 aliphatic carbocycles. The third kappa shape index (κ3) is 3.36. The minimum atomic E-state index is 0.0838. The summed E-state index contributed by atoms with van der Waals surface area (Å²) in [5, 5.41) is 3.99. The number of anilines is 3. The van der Waals surface area contributed by atoms with Gasteiger partial charge in [-0.1, -0.05) is 23.7 Å². The monoisotopic (exact) mass is 290 g/mol. The Balaban J connectivity index is 2.32. The summed E-state index contributed by atoms with van der Waals surface area (Å²) in [6.07, 6.45) is 0.0838. The molecule has 3 nitrogen and oxygen atoms in total. The smallest absolute Gasteiger partial charge is 0.144 e. The maximum absolute atomic E-state index is 6.15. The van der Waals surface area contributed by atoms with E-state index in [1.807, 2.05) is 57.2 Å². The summed E-state index contributed by atoms with van der Waals surface area (Å²) in [4.78, 5) is 0. The molecule has 106 valence electrons. The number of nitrogens with two attached hydrogens (primary N) is 1. The molecule has 0 bridgehead atoms. The van der Waals surface area contributed by atoms with E-state index in [-0.39, 0.29) is 6.10 Å². The summed E-state index contributed by atoms with van der Waals surface area (Å²) < 4.78 is 5.69. The summed E-state index contributed by atoms with van der Waals surface area (Å²) in [6.45, 7) is 5.96. The second kappa shape index (κ2) is 6.06. The first-order chi connectivity index (χ1) is 9.47. The van der Waals surface area contributed by atoms with Crippen LogP contribution in [-0.2, 0) is 0 Å². The molecule has 0 fully saturated rings. The van der Waals surface area contributed by atoms with E-state index >= 15 is 0 Å². The van der Waals surface area contributed by atoms with E-state index in [9.17, 15) is 0 Å². The Morgan fingerprint density at radius 2 is 1.90 bits per heavy atom. The Hall–Kier alpha value is -1.87. The first kappa shape index (κ1) is 14.5. The molecule has 0 saturated heterocycles. The molecule has 0 atom stereocenters. The molecular weight excluding hydrogens is 272 g/mol. The molecule has 0 heterocycles. The molecule has 0 aliphatic rings. The number of para-hydroxylation sites is 1. The van der Waals surface area contributed by atoms with Crippen molar-refractivity contribution >= 4 is 28.7 Å². The number of hydrogen-bond donors (Lipinski definition) is 2. The van der Waals surface area contributed by atoms with Crippen molar-refractivity contribution in [3.63, 3.8) is 0 Å². The number of rotatable bonds is 4. The fourth-order valence-corrected chi connectivity index (χ4v) is 2.06. The maximum atomic E-state index is 6.15. The van der Waals surface area contributed by atoms with Gasteiger partial charge in [-0.15, -0.1) is 0 Å². The van der Waals surface area contributed by atoms with E-state index in [1.165, 1.54) is 0 Å². The highest BCUT2D eigenvalue weighted by molar-refractivity contribution is 6.30. The fourth-order valence-electron chi connectivity index (χ4n) is 1.88. The molecule has 0 aliphatic heterocycles. The summed E-state index contributed by atoms with van der Waals surface area (Å²) in [5.41, 5.74) is 9.60. The Kier molecular flexibility index (Phi) is 4.40. The number of nitrogens with one attached hydrogen (secondary N) is 1. The molecule has 2 aromatic rings. The zero-order chi connectivity index (χ0) is 14.7. The van der Waals surface area contributed by atoms with Crippen LogP contribution in [-0.4, -0.2) is 6.10 Å². The largest absolute Gasteiger partial charge is 0.489 e. The first-order valence-corrected chi connectivity index (χ1v) is 6.93. The van der Waals surface area contributed by atoms with Crippen molar-refractivity contribution in [3.05, 3.63) is 47.0 Å². The predicted molar refractivity (Wildman–Crippen MR) is 86.1 cm³/mol. The Bertz CT molecular complexity index is 611. The highest BCUT2D eigenvalue weighted by Gasteiger charge is 2.09. The number of halogens is 1. The van der Waals surface area contributed by atoms with E-state index in [1.54, 1.807) is 0 Å². The highest BCUT2D eigenvalue weighted by Crippen LogP contribution is 2.33. The second-order valence-electron chi connectivity index (χ2n) is 4.97. The van der Waals surface area contributed by atoms with Gasteiger partial charge in [0.05, 0.1) is 17.5 Å². The lowest BCUT2D eigenvalue weighted by Crippen LogP contribution is -2.08. The average molecular weight is 291 g/mol. The summed E-state index contributed by atoms with van der Waals surface area (Å²) >= 11 is 6.03. The second-order valence-corrected chi connectivity index (χ2v) is 5.40. The van der Waals surface area contributed by atoms with Crippen LogP contribution in [0, 0.1) is 6.92 Å². The zero-order valence-electron chi connectivity index (χ0n) is 11.9. The SMILES string of the molecule is Cc1ccc(Cl)cc1Nc1cccc(OC(C)C)c1N. The average Bonchev–Trinajstić information content (AvgIpc) is 2.38. The van der Waals surface area contributed by atoms with E-state index in [0.717, 1.165) is 16.9 Å². The van der Waals surface area contributed by atoms with Crippen LogP contribution in [0.15, 0.2) is 36.4 Å². The Morgan fingerprint density at radius 1 is 1.15 bits per heavy atom. The third-order valence-corrected chi connectivity index (χ3v) is 3.13. The van der Waals surface area contributed by atoms with Crippen molar-refractivity contribution in [1.82, 2.24) is 0 Å². The van der Waals surface area contributed by atoms with Crippen LogP contribution in [0.1, 0.15) is 19.4 Å². The number of hydrogen-bond acceptors (Lipinski definition) is 3. The van der Waals surface area contributed by atoms with Crippen molar-refractivity contribution in [2.45, 2.75) is 26.9 Å². The van der Waals surface area contributed by atoms with Gasteiger partial charge in [0.2, 0.25) is 0 Å². The maximum Gasteiger partial charge on any atom is 0.144 e. The van der Waals surface area contributed by atoms with E-state index in [2.05, 4.69) is 5.32 Å². The van der Waals surface area contributed by atoms with Crippen molar-refractivity contribution in [1.29, 1.82) is 0 Å². The van der Waals surface area contributed by atoms with Gasteiger partial charge in [-0.05, 0) is 50.6 Å². The van der Waals surface area contributed by atoms with Crippen molar-refractivity contribution in [2.75, 3.05) is 11.1 Å². The van der Waals surface area contributed by atoms with Crippen LogP contribution >= 0.6 is 11.6 Å². The lowest BCUT2D eigenvalue weighted by atomic mass is 10.2. The topological polar surface area (TPSA) is 47.3 Å². The summed E-state index contributed by atoms with van der Waals surface area (Å²) in [6, 6.07) is 11.4. The molecule has 0 aromatic heterocycles. The van der Waals surface area contributed by atoms with Crippen molar-refractivity contribution in [2.24, 2.45) is 0 Å². The first-order valence-electron chi connectivity index (χ1n) is 6.55. The Labute approximate surface area is 124 Å². The molecular formula is C16H19ClN2O. The molecule has 4 heteroatoms. The van der Waals surface area contributed by atoms with Crippen LogP contribution < -0.4 is 15.8 Å². The summed E-state index contributed by atoms with van der Waals surface area (Å²) in [7, 11) is 0. The molecule has 20 heavy (non-hydrogen) atoms. The van der Waals surface area contributed by atoms with Crippen LogP contribution in [0.2, 0.25) is 5.02 Å². The van der Waals surface area contributed by atoms with Gasteiger partial charge in [0.15, 0.2) is 0 Å². The molecule has 3 N–H and O–H groups in total.